The van der Waals surface area contributed by atoms with Crippen molar-refractivity contribution in [3.8, 4) is 5.75 Å². The summed E-state index contributed by atoms with van der Waals surface area (Å²) in [5.74, 6) is -4.55. The van der Waals surface area contributed by atoms with Crippen molar-refractivity contribution in [2.45, 2.75) is 10.9 Å². The Bertz CT molecular complexity index is 1160. The highest BCUT2D eigenvalue weighted by molar-refractivity contribution is 7.90. The predicted molar refractivity (Wildman–Crippen MR) is 89.8 cm³/mol. The van der Waals surface area contributed by atoms with E-state index in [-0.39, 0.29) is 22.4 Å². The van der Waals surface area contributed by atoms with E-state index < -0.39 is 62.6 Å². The number of benzene rings is 1. The number of carbonyl (C=O) groups excluding carboxylic acids is 2. The first-order chi connectivity index (χ1) is 13.7. The lowest BCUT2D eigenvalue weighted by Gasteiger charge is -2.28. The Labute approximate surface area is 161 Å². The van der Waals surface area contributed by atoms with Crippen LogP contribution in [-0.2, 0) is 14.8 Å². The first kappa shape index (κ1) is 19.0. The quantitative estimate of drug-likeness (QED) is 0.761. The van der Waals surface area contributed by atoms with Crippen LogP contribution >= 0.6 is 0 Å². The van der Waals surface area contributed by atoms with Gasteiger partial charge in [0.05, 0.1) is 11.9 Å². The van der Waals surface area contributed by atoms with Crippen LogP contribution in [0.1, 0.15) is 11.7 Å². The summed E-state index contributed by atoms with van der Waals surface area (Å²) < 4.78 is 71.2. The molecule has 2 aliphatic rings. The number of amides is 3. The number of ether oxygens (including phenoxy) is 1. The number of aromatic nitrogens is 1. The number of sulfonamides is 1. The van der Waals surface area contributed by atoms with E-state index in [2.05, 4.69) is 15.6 Å². The minimum atomic E-state index is -4.83. The molecule has 0 radical (unpaired) electrons. The van der Waals surface area contributed by atoms with E-state index in [4.69, 9.17) is 4.74 Å². The fourth-order valence-corrected chi connectivity index (χ4v) is 4.47. The fourth-order valence-electron chi connectivity index (χ4n) is 2.98. The van der Waals surface area contributed by atoms with Gasteiger partial charge in [-0.2, -0.15) is 0 Å². The van der Waals surface area contributed by atoms with Gasteiger partial charge in [0, 0.05) is 6.07 Å². The molecule has 13 heteroatoms. The third-order valence-electron chi connectivity index (χ3n) is 4.27. The normalized spacial score (nSPS) is 19.1. The van der Waals surface area contributed by atoms with Gasteiger partial charge in [-0.3, -0.25) is 9.78 Å². The molecule has 0 saturated heterocycles. The number of anilines is 1. The number of hydrogen-bond donors (Lipinski definition) is 2. The molecule has 1 aromatic heterocycles. The molecular weight excluding hydrogens is 417 g/mol. The molecular formula is C16H11F3N4O5S. The first-order valence-electron chi connectivity index (χ1n) is 8.08. The number of urea groups is 1. The van der Waals surface area contributed by atoms with E-state index in [0.29, 0.717) is 6.07 Å². The van der Waals surface area contributed by atoms with Crippen LogP contribution in [0.5, 0.6) is 5.75 Å². The molecule has 3 heterocycles. The van der Waals surface area contributed by atoms with Crippen molar-refractivity contribution in [1.29, 1.82) is 0 Å². The third kappa shape index (κ3) is 3.12. The smallest absolute Gasteiger partial charge is 0.336 e. The lowest BCUT2D eigenvalue weighted by Crippen LogP contribution is -2.49. The maximum Gasteiger partial charge on any atom is 0.336 e. The molecule has 2 aromatic rings. The van der Waals surface area contributed by atoms with Gasteiger partial charge < -0.3 is 15.4 Å². The minimum Gasteiger partial charge on any atom is -0.489 e. The Morgan fingerprint density at radius 1 is 1.34 bits per heavy atom. The second-order valence-corrected chi connectivity index (χ2v) is 7.95. The average molecular weight is 428 g/mol. The third-order valence-corrected chi connectivity index (χ3v) is 6.06. The maximum atomic E-state index is 14.1. The van der Waals surface area contributed by atoms with Gasteiger partial charge in [0.25, 0.3) is 10.0 Å². The molecule has 0 aliphatic carbocycles. The molecule has 0 unspecified atom stereocenters. The summed E-state index contributed by atoms with van der Waals surface area (Å²) in [5.41, 5.74) is -0.209. The van der Waals surface area contributed by atoms with Crippen molar-refractivity contribution in [2.24, 2.45) is 0 Å². The molecule has 1 atom stereocenters. The van der Waals surface area contributed by atoms with Crippen LogP contribution in [0.3, 0.4) is 0 Å². The molecule has 0 bridgehead atoms. The van der Waals surface area contributed by atoms with E-state index in [9.17, 15) is 31.2 Å². The zero-order valence-corrected chi connectivity index (χ0v) is 15.1. The number of carbonyl (C=O) groups is 2. The maximum absolute atomic E-state index is 14.1. The fraction of sp³-hybridized carbons (Fsp3) is 0.188. The Hall–Kier alpha value is -3.35. The Kier molecular flexibility index (Phi) is 4.33. The van der Waals surface area contributed by atoms with Gasteiger partial charge in [0.1, 0.15) is 41.3 Å². The number of nitrogens with zero attached hydrogens (tertiary/aromatic N) is 2. The topological polar surface area (TPSA) is 118 Å². The lowest BCUT2D eigenvalue weighted by atomic mass is 10.2. The van der Waals surface area contributed by atoms with Gasteiger partial charge in [-0.05, 0) is 12.1 Å². The van der Waals surface area contributed by atoms with Crippen molar-refractivity contribution < 1.29 is 35.9 Å². The molecule has 152 valence electrons. The summed E-state index contributed by atoms with van der Waals surface area (Å²) in [5, 5.41) is 4.50. The number of hydrogen-bond acceptors (Lipinski definition) is 6. The van der Waals surface area contributed by atoms with E-state index in [1.807, 2.05) is 0 Å². The van der Waals surface area contributed by atoms with Crippen LogP contribution < -0.4 is 15.4 Å². The molecule has 2 aliphatic heterocycles. The van der Waals surface area contributed by atoms with Gasteiger partial charge in [-0.15, -0.1) is 0 Å². The minimum absolute atomic E-state index is 0.0842. The zero-order chi connectivity index (χ0) is 20.9. The molecule has 4 rings (SSSR count). The van der Waals surface area contributed by atoms with E-state index in [1.165, 1.54) is 0 Å². The van der Waals surface area contributed by atoms with Crippen LogP contribution in [-0.4, -0.2) is 42.8 Å². The van der Waals surface area contributed by atoms with Crippen molar-refractivity contribution in [3.63, 3.8) is 0 Å². The second-order valence-electron chi connectivity index (χ2n) is 6.15. The molecule has 3 amide bonds. The van der Waals surface area contributed by atoms with Crippen LogP contribution in [0.15, 0.2) is 29.3 Å². The van der Waals surface area contributed by atoms with Crippen molar-refractivity contribution in [2.75, 3.05) is 18.5 Å². The lowest BCUT2D eigenvalue weighted by molar-refractivity contribution is -0.121. The van der Waals surface area contributed by atoms with E-state index in [0.717, 1.165) is 18.3 Å². The summed E-state index contributed by atoms with van der Waals surface area (Å²) >= 11 is 0. The zero-order valence-electron chi connectivity index (χ0n) is 14.3. The summed E-state index contributed by atoms with van der Waals surface area (Å²) in [6.07, 6.45) is 0.920. The second kappa shape index (κ2) is 6.62. The standard InChI is InChI=1S/C16H11F3N4O5S/c17-7-3-11-14(20-4-7)10(6-28-11)21-12(24)5-23-16(25)22-9-2-1-8(18)13(19)15(9)29(23,26)27/h1-4,10H,5-6H2,(H,21,24)(H,22,25)/t10-/m0/s1. The highest BCUT2D eigenvalue weighted by Gasteiger charge is 2.41. The summed E-state index contributed by atoms with van der Waals surface area (Å²) in [4.78, 5) is 27.2. The Balaban J connectivity index is 1.56. The summed E-state index contributed by atoms with van der Waals surface area (Å²) in [7, 11) is -4.83. The number of fused-ring (bicyclic) bond motifs is 2. The predicted octanol–water partition coefficient (Wildman–Crippen LogP) is 1.29. The van der Waals surface area contributed by atoms with Crippen molar-refractivity contribution in [1.82, 2.24) is 14.6 Å². The monoisotopic (exact) mass is 428 g/mol. The summed E-state index contributed by atoms with van der Waals surface area (Å²) in [6, 6.07) is 0.625. The summed E-state index contributed by atoms with van der Waals surface area (Å²) in [6.45, 7) is -1.09. The van der Waals surface area contributed by atoms with Gasteiger partial charge >= 0.3 is 6.03 Å². The Morgan fingerprint density at radius 3 is 2.86 bits per heavy atom. The van der Waals surface area contributed by atoms with Crippen LogP contribution in [0.2, 0.25) is 0 Å². The average Bonchev–Trinajstić information content (AvgIpc) is 3.03. The van der Waals surface area contributed by atoms with E-state index >= 15 is 0 Å². The van der Waals surface area contributed by atoms with Gasteiger partial charge in [-0.1, -0.05) is 0 Å². The van der Waals surface area contributed by atoms with E-state index in [1.54, 1.807) is 0 Å². The molecule has 0 spiro atoms. The first-order valence-corrected chi connectivity index (χ1v) is 9.52. The number of pyridine rings is 1. The van der Waals surface area contributed by atoms with Crippen molar-refractivity contribution in [3.05, 3.63) is 47.5 Å². The number of halogens is 3. The molecule has 9 nitrogen and oxygen atoms in total. The largest absolute Gasteiger partial charge is 0.489 e. The van der Waals surface area contributed by atoms with Gasteiger partial charge in [0.2, 0.25) is 5.91 Å². The van der Waals surface area contributed by atoms with Gasteiger partial charge in [0.15, 0.2) is 11.6 Å². The SMILES string of the molecule is O=C(CN1C(=O)Nc2ccc(F)c(F)c2S1(=O)=O)N[C@H]1COc2cc(F)cnc21. The van der Waals surface area contributed by atoms with Crippen molar-refractivity contribution >= 4 is 27.6 Å². The Morgan fingerprint density at radius 2 is 2.10 bits per heavy atom. The highest BCUT2D eigenvalue weighted by Crippen LogP contribution is 2.34. The molecule has 1 aromatic carbocycles. The molecule has 0 fully saturated rings. The molecule has 2 N–H and O–H groups in total. The van der Waals surface area contributed by atoms with Gasteiger partial charge in [-0.25, -0.2) is 30.7 Å². The van der Waals surface area contributed by atoms with Crippen LogP contribution in [0.4, 0.5) is 23.7 Å². The molecule has 0 saturated carbocycles. The van der Waals surface area contributed by atoms with Crippen LogP contribution in [0, 0.1) is 17.5 Å². The number of rotatable bonds is 3. The molecule has 29 heavy (non-hydrogen) atoms. The highest BCUT2D eigenvalue weighted by atomic mass is 32.2. The number of nitrogens with one attached hydrogen (secondary N) is 2. The van der Waals surface area contributed by atoms with Crippen LogP contribution in [0.25, 0.3) is 0 Å².